The van der Waals surface area contributed by atoms with Gasteiger partial charge in [0.1, 0.15) is 11.6 Å². The van der Waals surface area contributed by atoms with Crippen LogP contribution in [0.1, 0.15) is 36.5 Å². The number of piperidine rings is 1. The van der Waals surface area contributed by atoms with Crippen LogP contribution in [0.15, 0.2) is 35.4 Å². The number of likely N-dealkylation sites (tertiary alicyclic amines) is 1. The number of nitrogens with one attached hydrogen (secondary N) is 2. The summed E-state index contributed by atoms with van der Waals surface area (Å²) in [7, 11) is 0. The molecule has 7 nitrogen and oxygen atoms in total. The highest BCUT2D eigenvalue weighted by Crippen LogP contribution is 2.41. The Morgan fingerprint density at radius 3 is 2.67 bits per heavy atom. The van der Waals surface area contributed by atoms with E-state index >= 15 is 0 Å². The van der Waals surface area contributed by atoms with Crippen molar-refractivity contribution in [3.63, 3.8) is 0 Å². The normalized spacial score (nSPS) is 20.8. The molecule has 3 rings (SSSR count). The van der Waals surface area contributed by atoms with E-state index in [9.17, 15) is 41.0 Å². The number of carbonyl (C=O) groups excluding carboxylic acids is 1. The lowest BCUT2D eigenvalue weighted by Crippen LogP contribution is -2.52. The summed E-state index contributed by atoms with van der Waals surface area (Å²) in [6, 6.07) is 1.99. The Morgan fingerprint density at radius 1 is 1.36 bits per heavy atom. The minimum absolute atomic E-state index is 0.0542. The van der Waals surface area contributed by atoms with E-state index in [-0.39, 0.29) is 17.9 Å². The van der Waals surface area contributed by atoms with Crippen molar-refractivity contribution in [3.05, 3.63) is 57.9 Å². The Bertz CT molecular complexity index is 1060. The molecule has 3 atom stereocenters. The fourth-order valence-corrected chi connectivity index (χ4v) is 3.57. The van der Waals surface area contributed by atoms with Crippen LogP contribution in [0.4, 0.5) is 32.2 Å². The van der Waals surface area contributed by atoms with Crippen molar-refractivity contribution in [1.29, 1.82) is 0 Å². The standard InChI is InChI=1S/C20H20F6N4O3/c1-10(17(32)29-15-3-2-12(21)8-27-15)30-5-4-19(22,23)14(9-30)11-6-13(18(33)28-7-11)16(31)20(24,25)26/h2-3,6-8,10,14,16,31H,4-5,9H2,1H3,(H,28,33)(H,27,29,32)/t10-,14+,16+/m0/s1. The van der Waals surface area contributed by atoms with Gasteiger partial charge < -0.3 is 15.4 Å². The molecule has 0 bridgehead atoms. The van der Waals surface area contributed by atoms with Gasteiger partial charge in [0, 0.05) is 25.7 Å². The second-order valence-corrected chi connectivity index (χ2v) is 7.75. The lowest BCUT2D eigenvalue weighted by molar-refractivity contribution is -0.207. The molecule has 180 valence electrons. The van der Waals surface area contributed by atoms with Crippen LogP contribution < -0.4 is 10.9 Å². The molecule has 1 saturated heterocycles. The minimum atomic E-state index is -5.16. The zero-order valence-corrected chi connectivity index (χ0v) is 17.2. The summed E-state index contributed by atoms with van der Waals surface area (Å²) in [6.45, 7) is 0.855. The van der Waals surface area contributed by atoms with Crippen LogP contribution in [-0.2, 0) is 4.79 Å². The second-order valence-electron chi connectivity index (χ2n) is 7.75. The van der Waals surface area contributed by atoms with Crippen molar-refractivity contribution in [1.82, 2.24) is 14.9 Å². The van der Waals surface area contributed by atoms with Gasteiger partial charge in [0.2, 0.25) is 5.91 Å². The number of carbonyl (C=O) groups is 1. The molecule has 1 amide bonds. The number of halogens is 6. The summed E-state index contributed by atoms with van der Waals surface area (Å²) < 4.78 is 81.0. The largest absolute Gasteiger partial charge is 0.418 e. The van der Waals surface area contributed by atoms with Gasteiger partial charge in [-0.05, 0) is 30.7 Å². The summed E-state index contributed by atoms with van der Waals surface area (Å²) in [4.78, 5) is 31.4. The van der Waals surface area contributed by atoms with Crippen LogP contribution in [0, 0.1) is 5.82 Å². The van der Waals surface area contributed by atoms with Gasteiger partial charge in [-0.15, -0.1) is 0 Å². The number of aromatic nitrogens is 2. The maximum atomic E-state index is 14.7. The first kappa shape index (κ1) is 24.7. The number of hydrogen-bond acceptors (Lipinski definition) is 5. The van der Waals surface area contributed by atoms with Gasteiger partial charge in [0.15, 0.2) is 6.10 Å². The lowest BCUT2D eigenvalue weighted by Gasteiger charge is -2.40. The molecule has 2 aromatic heterocycles. The van der Waals surface area contributed by atoms with Crippen molar-refractivity contribution in [2.45, 2.75) is 43.5 Å². The highest BCUT2D eigenvalue weighted by Gasteiger charge is 2.47. The highest BCUT2D eigenvalue weighted by molar-refractivity contribution is 5.93. The van der Waals surface area contributed by atoms with Crippen LogP contribution in [0.2, 0.25) is 0 Å². The van der Waals surface area contributed by atoms with Gasteiger partial charge in [-0.1, -0.05) is 0 Å². The Kier molecular flexibility index (Phi) is 6.84. The summed E-state index contributed by atoms with van der Waals surface area (Å²) in [5, 5.41) is 11.9. The van der Waals surface area contributed by atoms with Crippen molar-refractivity contribution in [2.24, 2.45) is 0 Å². The molecular formula is C20H20F6N4O3. The van der Waals surface area contributed by atoms with Crippen LogP contribution in [-0.4, -0.2) is 57.1 Å². The van der Waals surface area contributed by atoms with E-state index in [4.69, 9.17) is 0 Å². The first-order chi connectivity index (χ1) is 15.3. The molecule has 0 saturated carbocycles. The summed E-state index contributed by atoms with van der Waals surface area (Å²) in [6.07, 6.45) is -7.22. The van der Waals surface area contributed by atoms with Crippen molar-refractivity contribution in [2.75, 3.05) is 18.4 Å². The predicted octanol–water partition coefficient (Wildman–Crippen LogP) is 2.96. The van der Waals surface area contributed by atoms with E-state index in [1.54, 1.807) is 0 Å². The van der Waals surface area contributed by atoms with E-state index in [1.165, 1.54) is 17.9 Å². The number of nitrogens with zero attached hydrogens (tertiary/aromatic N) is 2. The van der Waals surface area contributed by atoms with Crippen molar-refractivity contribution >= 4 is 11.7 Å². The molecule has 0 spiro atoms. The Morgan fingerprint density at radius 2 is 2.06 bits per heavy atom. The molecule has 13 heteroatoms. The predicted molar refractivity (Wildman–Crippen MR) is 104 cm³/mol. The molecule has 0 aromatic carbocycles. The minimum Gasteiger partial charge on any atom is -0.379 e. The quantitative estimate of drug-likeness (QED) is 0.575. The molecule has 0 aliphatic carbocycles. The number of amides is 1. The molecule has 0 unspecified atom stereocenters. The Labute approximate surface area is 183 Å². The molecule has 3 N–H and O–H groups in total. The van der Waals surface area contributed by atoms with Crippen LogP contribution in [0.3, 0.4) is 0 Å². The molecule has 3 heterocycles. The zero-order valence-electron chi connectivity index (χ0n) is 17.2. The SMILES string of the molecule is C[C@@H](C(=O)Nc1ccc(F)cn1)N1CCC(F)(F)[C@@H](c2c[nH]c(=O)c([C@@H](O)C(F)(F)F)c2)C1. The number of anilines is 1. The van der Waals surface area contributed by atoms with Crippen molar-refractivity contribution < 1.29 is 36.2 Å². The molecule has 1 fully saturated rings. The van der Waals surface area contributed by atoms with Crippen LogP contribution >= 0.6 is 0 Å². The third kappa shape index (κ3) is 5.53. The van der Waals surface area contributed by atoms with Crippen LogP contribution in [0.5, 0.6) is 0 Å². The molecule has 33 heavy (non-hydrogen) atoms. The summed E-state index contributed by atoms with van der Waals surface area (Å²) in [5.41, 5.74) is -2.66. The van der Waals surface area contributed by atoms with Gasteiger partial charge in [-0.25, -0.2) is 18.2 Å². The monoisotopic (exact) mass is 478 g/mol. The third-order valence-corrected chi connectivity index (χ3v) is 5.53. The van der Waals surface area contributed by atoms with Gasteiger partial charge in [-0.3, -0.25) is 14.5 Å². The van der Waals surface area contributed by atoms with Gasteiger partial charge in [0.25, 0.3) is 11.5 Å². The van der Waals surface area contributed by atoms with E-state index in [2.05, 4.69) is 10.3 Å². The van der Waals surface area contributed by atoms with Crippen molar-refractivity contribution in [3.8, 4) is 0 Å². The number of rotatable bonds is 5. The van der Waals surface area contributed by atoms with E-state index < -0.39 is 66.0 Å². The summed E-state index contributed by atoms with van der Waals surface area (Å²) >= 11 is 0. The molecule has 0 radical (unpaired) electrons. The summed E-state index contributed by atoms with van der Waals surface area (Å²) in [5.74, 6) is -6.16. The average Bonchev–Trinajstić information content (AvgIpc) is 2.74. The van der Waals surface area contributed by atoms with E-state index in [1.807, 2.05) is 4.98 Å². The molecule has 1 aliphatic rings. The van der Waals surface area contributed by atoms with Gasteiger partial charge in [0.05, 0.1) is 23.7 Å². The highest BCUT2D eigenvalue weighted by atomic mass is 19.4. The third-order valence-electron chi connectivity index (χ3n) is 5.53. The van der Waals surface area contributed by atoms with Gasteiger partial charge in [-0.2, -0.15) is 13.2 Å². The fraction of sp³-hybridized carbons (Fsp3) is 0.450. The number of hydrogen-bond donors (Lipinski definition) is 3. The maximum absolute atomic E-state index is 14.7. The number of aliphatic hydroxyl groups is 1. The van der Waals surface area contributed by atoms with Crippen LogP contribution in [0.25, 0.3) is 0 Å². The fourth-order valence-electron chi connectivity index (χ4n) is 3.57. The number of H-pyrrole nitrogens is 1. The zero-order chi connectivity index (χ0) is 24.6. The second kappa shape index (κ2) is 9.14. The Balaban J connectivity index is 1.82. The first-order valence-electron chi connectivity index (χ1n) is 9.81. The number of aliphatic hydroxyl groups excluding tert-OH is 1. The first-order valence-corrected chi connectivity index (χ1v) is 9.81. The van der Waals surface area contributed by atoms with Gasteiger partial charge >= 0.3 is 6.18 Å². The van der Waals surface area contributed by atoms with E-state index in [0.717, 1.165) is 18.5 Å². The number of pyridine rings is 2. The lowest BCUT2D eigenvalue weighted by atomic mass is 9.86. The number of aromatic amines is 1. The van der Waals surface area contributed by atoms with E-state index in [0.29, 0.717) is 6.07 Å². The average molecular weight is 478 g/mol. The Hall–Kier alpha value is -2.93. The number of alkyl halides is 5. The maximum Gasteiger partial charge on any atom is 0.418 e. The molecular weight excluding hydrogens is 458 g/mol. The molecule has 1 aliphatic heterocycles. The molecule has 2 aromatic rings. The smallest absolute Gasteiger partial charge is 0.379 e. The topological polar surface area (TPSA) is 98.3 Å².